The second kappa shape index (κ2) is 6.87. The van der Waals surface area contributed by atoms with Crippen LogP contribution in [0.25, 0.3) is 0 Å². The molecule has 1 fully saturated rings. The van der Waals surface area contributed by atoms with Crippen molar-refractivity contribution in [3.05, 3.63) is 42.1 Å². The van der Waals surface area contributed by atoms with Crippen LogP contribution >= 0.6 is 0 Å². The van der Waals surface area contributed by atoms with Gasteiger partial charge in [0.1, 0.15) is 19.4 Å². The monoisotopic (exact) mass is 363 g/mol. The third-order valence-electron chi connectivity index (χ3n) is 3.66. The van der Waals surface area contributed by atoms with Crippen molar-refractivity contribution in [3.63, 3.8) is 0 Å². The Bertz CT molecular complexity index is 809. The number of nitrogens with one attached hydrogen (secondary N) is 1. The van der Waals surface area contributed by atoms with Crippen molar-refractivity contribution >= 4 is 30.7 Å². The molecule has 1 aromatic heterocycles. The van der Waals surface area contributed by atoms with Crippen molar-refractivity contribution in [3.8, 4) is 5.75 Å². The number of β-amino-alcohol motifs (C(OH)–C–C–N with tert-alkyl or cyclic N) is 1. The maximum absolute atomic E-state index is 12.2. The molecule has 134 valence electrons. The second-order valence-electron chi connectivity index (χ2n) is 5.72. The highest BCUT2D eigenvalue weighted by molar-refractivity contribution is 6.36. The van der Waals surface area contributed by atoms with Crippen LogP contribution < -0.4 is 20.4 Å². The Morgan fingerprint density at radius 2 is 1.96 bits per heavy atom. The molecule has 1 aliphatic heterocycles. The van der Waals surface area contributed by atoms with Crippen molar-refractivity contribution in [2.24, 2.45) is 0 Å². The van der Waals surface area contributed by atoms with Gasteiger partial charge in [0.25, 0.3) is 5.91 Å². The lowest BCUT2D eigenvalue weighted by atomic mass is 9.93. The van der Waals surface area contributed by atoms with Gasteiger partial charge in [0.2, 0.25) is 0 Å². The van der Waals surface area contributed by atoms with Gasteiger partial charge in [-0.1, -0.05) is 11.5 Å². The Morgan fingerprint density at radius 3 is 2.50 bits per heavy atom. The lowest BCUT2D eigenvalue weighted by molar-refractivity contribution is -0.274. The molecule has 0 aliphatic carbocycles. The van der Waals surface area contributed by atoms with Crippen LogP contribution in [0.4, 0.5) is 24.7 Å². The molecule has 1 aromatic carbocycles. The van der Waals surface area contributed by atoms with Crippen LogP contribution in [0.1, 0.15) is 10.4 Å². The maximum Gasteiger partial charge on any atom is 0.573 e. The van der Waals surface area contributed by atoms with E-state index in [1.165, 1.54) is 24.4 Å². The first-order valence-electron chi connectivity index (χ1n) is 7.57. The van der Waals surface area contributed by atoms with Crippen LogP contribution in [0.5, 0.6) is 5.75 Å². The van der Waals surface area contributed by atoms with Crippen LogP contribution in [-0.4, -0.2) is 49.4 Å². The minimum absolute atomic E-state index is 0.197. The third-order valence-corrected chi connectivity index (χ3v) is 3.66. The minimum atomic E-state index is -4.78. The van der Waals surface area contributed by atoms with Crippen molar-refractivity contribution < 1.29 is 27.8 Å². The van der Waals surface area contributed by atoms with Gasteiger partial charge in [0.05, 0.1) is 11.7 Å². The molecule has 3 rings (SSSR count). The number of nitrogens with zero attached hydrogens (tertiary/aromatic N) is 2. The van der Waals surface area contributed by atoms with E-state index >= 15 is 0 Å². The number of rotatable bonds is 4. The molecule has 2 aromatic rings. The van der Waals surface area contributed by atoms with E-state index in [1.807, 2.05) is 0 Å². The first-order valence-corrected chi connectivity index (χ1v) is 7.57. The van der Waals surface area contributed by atoms with Gasteiger partial charge in [0.15, 0.2) is 0 Å². The molecule has 0 spiro atoms. The molecule has 6 nitrogen and oxygen atoms in total. The Morgan fingerprint density at radius 1 is 1.31 bits per heavy atom. The lowest BCUT2D eigenvalue weighted by Gasteiger charge is -2.37. The van der Waals surface area contributed by atoms with Gasteiger partial charge < -0.3 is 20.1 Å². The number of aliphatic hydroxyl groups is 1. The summed E-state index contributed by atoms with van der Waals surface area (Å²) in [5.41, 5.74) is 0.777. The number of ether oxygens (including phenoxy) is 1. The molecule has 1 amide bonds. The van der Waals surface area contributed by atoms with E-state index in [0.29, 0.717) is 24.4 Å². The fourth-order valence-electron chi connectivity index (χ4n) is 2.43. The topological polar surface area (TPSA) is 74.7 Å². The average Bonchev–Trinajstić information content (AvgIpc) is 2.52. The van der Waals surface area contributed by atoms with Gasteiger partial charge in [-0.25, -0.2) is 4.98 Å². The standard InChI is InChI=1S/C16H13BF3N3O3/c17-13-5-9(6-21-14(13)23-7-11(24)8-23)15(25)22-10-1-3-12(4-2-10)26-16(18,19)20/h1-6,11,24H,7-8H2,(H,22,25). The fourth-order valence-corrected chi connectivity index (χ4v) is 2.43. The summed E-state index contributed by atoms with van der Waals surface area (Å²) in [5, 5.41) is 11.8. The number of aliphatic hydroxyl groups excluding tert-OH is 1. The van der Waals surface area contributed by atoms with Gasteiger partial charge >= 0.3 is 6.36 Å². The molecule has 1 aliphatic rings. The first-order chi connectivity index (χ1) is 12.2. The molecule has 0 saturated carbocycles. The van der Waals surface area contributed by atoms with Crippen LogP contribution in [0, 0.1) is 0 Å². The molecular formula is C16H13BF3N3O3. The van der Waals surface area contributed by atoms with Crippen molar-refractivity contribution in [2.45, 2.75) is 12.5 Å². The van der Waals surface area contributed by atoms with Gasteiger partial charge in [-0.3, -0.25) is 4.79 Å². The van der Waals surface area contributed by atoms with Crippen LogP contribution in [0.2, 0.25) is 0 Å². The fraction of sp³-hybridized carbons (Fsp3) is 0.250. The number of anilines is 2. The van der Waals surface area contributed by atoms with E-state index in [9.17, 15) is 23.1 Å². The highest BCUT2D eigenvalue weighted by atomic mass is 19.4. The van der Waals surface area contributed by atoms with E-state index in [2.05, 4.69) is 15.0 Å². The van der Waals surface area contributed by atoms with E-state index in [1.54, 1.807) is 4.90 Å². The van der Waals surface area contributed by atoms with Crippen molar-refractivity contribution in [1.82, 2.24) is 4.98 Å². The predicted molar refractivity (Wildman–Crippen MR) is 88.9 cm³/mol. The molecule has 0 unspecified atom stereocenters. The first kappa shape index (κ1) is 18.1. The number of amides is 1. The van der Waals surface area contributed by atoms with Gasteiger partial charge in [-0.15, -0.1) is 13.2 Å². The van der Waals surface area contributed by atoms with Crippen molar-refractivity contribution in [1.29, 1.82) is 0 Å². The predicted octanol–water partition coefficient (Wildman–Crippen LogP) is 1.21. The number of halogens is 3. The van der Waals surface area contributed by atoms with Gasteiger partial charge in [-0.05, 0) is 24.3 Å². The van der Waals surface area contributed by atoms with Crippen LogP contribution in [0.3, 0.4) is 0 Å². The Balaban J connectivity index is 1.65. The van der Waals surface area contributed by atoms with E-state index in [0.717, 1.165) is 12.1 Å². The van der Waals surface area contributed by atoms with E-state index in [4.69, 9.17) is 7.85 Å². The maximum atomic E-state index is 12.2. The summed E-state index contributed by atoms with van der Waals surface area (Å²) in [7, 11) is 5.90. The molecule has 10 heteroatoms. The lowest BCUT2D eigenvalue weighted by Crippen LogP contribution is -2.52. The summed E-state index contributed by atoms with van der Waals surface area (Å²) in [5.74, 6) is -0.410. The molecule has 2 radical (unpaired) electrons. The molecule has 26 heavy (non-hydrogen) atoms. The largest absolute Gasteiger partial charge is 0.573 e. The number of hydrogen-bond donors (Lipinski definition) is 2. The number of pyridine rings is 1. The van der Waals surface area contributed by atoms with Gasteiger partial charge in [-0.2, -0.15) is 0 Å². The number of carbonyl (C=O) groups is 1. The normalized spacial score (nSPS) is 14.7. The number of aromatic nitrogens is 1. The number of benzene rings is 1. The van der Waals surface area contributed by atoms with Crippen molar-refractivity contribution in [2.75, 3.05) is 23.3 Å². The minimum Gasteiger partial charge on any atom is -0.406 e. The number of hydrogen-bond acceptors (Lipinski definition) is 5. The SMILES string of the molecule is [B]c1cc(C(=O)Nc2ccc(OC(F)(F)F)cc2)cnc1N1CC(O)C1. The molecule has 1 saturated heterocycles. The smallest absolute Gasteiger partial charge is 0.406 e. The van der Waals surface area contributed by atoms with Gasteiger partial charge in [0, 0.05) is 25.0 Å². The molecule has 2 heterocycles. The molecule has 2 N–H and O–H groups in total. The Labute approximate surface area is 148 Å². The summed E-state index contributed by atoms with van der Waals surface area (Å²) in [6.07, 6.45) is -3.85. The summed E-state index contributed by atoms with van der Waals surface area (Å²) in [4.78, 5) is 18.1. The second-order valence-corrected chi connectivity index (χ2v) is 5.72. The summed E-state index contributed by atoms with van der Waals surface area (Å²) < 4.78 is 40.1. The zero-order chi connectivity index (χ0) is 18.9. The zero-order valence-electron chi connectivity index (χ0n) is 13.3. The third kappa shape index (κ3) is 4.26. The molecule has 0 bridgehead atoms. The number of carbonyl (C=O) groups excluding carboxylic acids is 1. The average molecular weight is 363 g/mol. The van der Waals surface area contributed by atoms with E-state index in [-0.39, 0.29) is 17.0 Å². The summed E-state index contributed by atoms with van der Waals surface area (Å²) >= 11 is 0. The number of alkyl halides is 3. The summed E-state index contributed by atoms with van der Waals surface area (Å²) in [6.45, 7) is 0.851. The van der Waals surface area contributed by atoms with Crippen LogP contribution in [-0.2, 0) is 0 Å². The molecular weight excluding hydrogens is 350 g/mol. The quantitative estimate of drug-likeness (QED) is 0.799. The Hall–Kier alpha value is -2.75. The van der Waals surface area contributed by atoms with Crippen LogP contribution in [0.15, 0.2) is 36.5 Å². The Kier molecular flexibility index (Phi) is 4.77. The van der Waals surface area contributed by atoms with E-state index < -0.39 is 18.4 Å². The highest BCUT2D eigenvalue weighted by Crippen LogP contribution is 2.24. The highest BCUT2D eigenvalue weighted by Gasteiger charge is 2.31. The summed E-state index contributed by atoms with van der Waals surface area (Å²) in [6, 6.07) is 6.20. The zero-order valence-corrected chi connectivity index (χ0v) is 13.3. The molecule has 0 atom stereocenters.